The summed E-state index contributed by atoms with van der Waals surface area (Å²) in [6.07, 6.45) is 0.0526. The normalized spacial score (nSPS) is 22.4. The largest absolute Gasteiger partial charge is 0.489 e. The fourth-order valence-corrected chi connectivity index (χ4v) is 7.20. The Morgan fingerprint density at radius 2 is 1.60 bits per heavy atom. The van der Waals surface area contributed by atoms with Crippen LogP contribution in [0.4, 0.5) is 27.6 Å². The standard InChI is InChI=1S/C34H38F5N3O/c1-23-15-25-16-27(43-19-24-7-3-2-4-8-24)9-10-28(25)32(42(23)22-34(37,38)39)31-29(35)17-26(18-30(31)36)41-20-33(21-41)11-5-13-40-14-6-12-33/h2-4,7-10,16-18,23,32,40H,5-6,11-15,19-22H2,1H3/t23-,32?/m1/s1. The Bertz CT molecular complexity index is 1390. The maximum absolute atomic E-state index is 16.0. The monoisotopic (exact) mass is 599 g/mol. The number of hydrogen-bond acceptors (Lipinski definition) is 4. The zero-order valence-corrected chi connectivity index (χ0v) is 24.4. The minimum Gasteiger partial charge on any atom is -0.489 e. The molecule has 0 aromatic heterocycles. The summed E-state index contributed by atoms with van der Waals surface area (Å²) in [5.74, 6) is -1.08. The van der Waals surface area contributed by atoms with Gasteiger partial charge < -0.3 is 15.0 Å². The highest BCUT2D eigenvalue weighted by atomic mass is 19.4. The third kappa shape index (κ3) is 6.53. The molecular weight excluding hydrogens is 561 g/mol. The summed E-state index contributed by atoms with van der Waals surface area (Å²) in [5, 5.41) is 3.42. The van der Waals surface area contributed by atoms with Crippen molar-refractivity contribution in [3.8, 4) is 5.75 Å². The van der Waals surface area contributed by atoms with E-state index in [0.717, 1.165) is 63.0 Å². The summed E-state index contributed by atoms with van der Waals surface area (Å²) >= 11 is 0. The zero-order valence-electron chi connectivity index (χ0n) is 24.4. The number of rotatable bonds is 6. The third-order valence-electron chi connectivity index (χ3n) is 9.31. The number of nitrogens with zero attached hydrogens (tertiary/aromatic N) is 2. The number of nitrogens with one attached hydrogen (secondary N) is 1. The van der Waals surface area contributed by atoms with E-state index in [4.69, 9.17) is 4.74 Å². The summed E-state index contributed by atoms with van der Waals surface area (Å²) in [6, 6.07) is 15.5. The number of benzene rings is 3. The molecule has 3 aromatic carbocycles. The lowest BCUT2D eigenvalue weighted by Gasteiger charge is -2.53. The lowest BCUT2D eigenvalue weighted by atomic mass is 9.71. The van der Waals surface area contributed by atoms with Gasteiger partial charge in [-0.05, 0) is 93.1 Å². The van der Waals surface area contributed by atoms with Gasteiger partial charge in [0.1, 0.15) is 24.0 Å². The molecule has 2 atom stereocenters. The van der Waals surface area contributed by atoms with Gasteiger partial charge in [-0.3, -0.25) is 4.90 Å². The summed E-state index contributed by atoms with van der Waals surface area (Å²) in [7, 11) is 0. The second-order valence-corrected chi connectivity index (χ2v) is 12.5. The number of fused-ring (bicyclic) bond motifs is 1. The van der Waals surface area contributed by atoms with E-state index < -0.39 is 36.4 Å². The topological polar surface area (TPSA) is 27.7 Å². The van der Waals surface area contributed by atoms with Crippen molar-refractivity contribution in [3.05, 3.63) is 94.6 Å². The number of hydrogen-bond donors (Lipinski definition) is 1. The van der Waals surface area contributed by atoms with Gasteiger partial charge in [0.2, 0.25) is 0 Å². The second kappa shape index (κ2) is 12.1. The quantitative estimate of drug-likeness (QED) is 0.299. The molecule has 3 heterocycles. The van der Waals surface area contributed by atoms with E-state index in [1.807, 2.05) is 35.2 Å². The van der Waals surface area contributed by atoms with Gasteiger partial charge >= 0.3 is 6.18 Å². The fourth-order valence-electron chi connectivity index (χ4n) is 7.20. The molecule has 0 amide bonds. The Morgan fingerprint density at radius 1 is 0.930 bits per heavy atom. The van der Waals surface area contributed by atoms with Crippen molar-refractivity contribution in [2.24, 2.45) is 5.41 Å². The Morgan fingerprint density at radius 3 is 2.26 bits per heavy atom. The van der Waals surface area contributed by atoms with E-state index >= 15 is 8.78 Å². The summed E-state index contributed by atoms with van der Waals surface area (Å²) < 4.78 is 79.3. The van der Waals surface area contributed by atoms with Gasteiger partial charge in [-0.1, -0.05) is 36.4 Å². The molecule has 0 aliphatic carbocycles. The van der Waals surface area contributed by atoms with Crippen LogP contribution in [0.2, 0.25) is 0 Å². The number of ether oxygens (including phenoxy) is 1. The van der Waals surface area contributed by atoms with Gasteiger partial charge in [-0.15, -0.1) is 0 Å². The van der Waals surface area contributed by atoms with Crippen molar-refractivity contribution in [2.75, 3.05) is 37.6 Å². The van der Waals surface area contributed by atoms with Crippen LogP contribution in [-0.2, 0) is 13.0 Å². The van der Waals surface area contributed by atoms with E-state index in [1.54, 1.807) is 25.1 Å². The first-order valence-corrected chi connectivity index (χ1v) is 15.2. The van der Waals surface area contributed by atoms with Crippen LogP contribution in [0, 0.1) is 17.0 Å². The highest BCUT2D eigenvalue weighted by Gasteiger charge is 2.45. The summed E-state index contributed by atoms with van der Waals surface area (Å²) in [5.41, 5.74) is 2.44. The van der Waals surface area contributed by atoms with E-state index in [2.05, 4.69) is 5.32 Å². The molecule has 2 saturated heterocycles. The molecule has 1 N–H and O–H groups in total. The van der Waals surface area contributed by atoms with Gasteiger partial charge in [0.25, 0.3) is 0 Å². The van der Waals surface area contributed by atoms with Gasteiger partial charge in [0.15, 0.2) is 0 Å². The van der Waals surface area contributed by atoms with Crippen LogP contribution in [0.1, 0.15) is 60.9 Å². The Hall–Kier alpha value is -3.17. The smallest absolute Gasteiger partial charge is 0.401 e. The molecule has 1 spiro atoms. The first kappa shape index (κ1) is 29.9. The fraction of sp³-hybridized carbons (Fsp3) is 0.471. The molecule has 0 radical (unpaired) electrons. The summed E-state index contributed by atoms with van der Waals surface area (Å²) in [4.78, 5) is 3.17. The van der Waals surface area contributed by atoms with Crippen molar-refractivity contribution in [3.63, 3.8) is 0 Å². The molecule has 4 nitrogen and oxygen atoms in total. The molecule has 3 aromatic rings. The van der Waals surface area contributed by atoms with Crippen LogP contribution < -0.4 is 15.0 Å². The van der Waals surface area contributed by atoms with Gasteiger partial charge in [0, 0.05) is 35.8 Å². The Kier molecular flexibility index (Phi) is 8.39. The average molecular weight is 600 g/mol. The van der Waals surface area contributed by atoms with Crippen LogP contribution in [0.3, 0.4) is 0 Å². The van der Waals surface area contributed by atoms with Gasteiger partial charge in [0.05, 0.1) is 12.6 Å². The first-order chi connectivity index (χ1) is 20.6. The average Bonchev–Trinajstić information content (AvgIpc) is 2.92. The highest BCUT2D eigenvalue weighted by Crippen LogP contribution is 2.46. The molecule has 0 bridgehead atoms. The van der Waals surface area contributed by atoms with E-state index in [-0.39, 0.29) is 11.0 Å². The minimum absolute atomic E-state index is 0.162. The first-order valence-electron chi connectivity index (χ1n) is 15.2. The lowest BCUT2D eigenvalue weighted by molar-refractivity contribution is -0.155. The molecule has 43 heavy (non-hydrogen) atoms. The summed E-state index contributed by atoms with van der Waals surface area (Å²) in [6.45, 7) is 4.17. The molecule has 1 unspecified atom stereocenters. The molecular formula is C34H38F5N3O. The molecule has 6 rings (SSSR count). The van der Waals surface area contributed by atoms with Crippen molar-refractivity contribution in [2.45, 2.75) is 63.9 Å². The minimum atomic E-state index is -4.53. The molecule has 3 aliphatic rings. The van der Waals surface area contributed by atoms with E-state index in [0.29, 0.717) is 30.0 Å². The maximum Gasteiger partial charge on any atom is 0.401 e. The van der Waals surface area contributed by atoms with Crippen molar-refractivity contribution in [1.82, 2.24) is 10.2 Å². The van der Waals surface area contributed by atoms with Crippen molar-refractivity contribution < 1.29 is 26.7 Å². The Labute approximate surface area is 249 Å². The number of halogens is 5. The lowest BCUT2D eigenvalue weighted by Crippen LogP contribution is -2.57. The van der Waals surface area contributed by atoms with E-state index in [1.165, 1.54) is 17.0 Å². The van der Waals surface area contributed by atoms with Crippen LogP contribution in [0.25, 0.3) is 0 Å². The predicted molar refractivity (Wildman–Crippen MR) is 157 cm³/mol. The number of alkyl halides is 3. The van der Waals surface area contributed by atoms with Crippen LogP contribution in [-0.4, -0.2) is 49.8 Å². The highest BCUT2D eigenvalue weighted by molar-refractivity contribution is 5.54. The van der Waals surface area contributed by atoms with Gasteiger partial charge in [-0.2, -0.15) is 13.2 Å². The number of anilines is 1. The molecule has 9 heteroatoms. The van der Waals surface area contributed by atoms with E-state index in [9.17, 15) is 13.2 Å². The molecule has 3 aliphatic heterocycles. The third-order valence-corrected chi connectivity index (χ3v) is 9.31. The van der Waals surface area contributed by atoms with Crippen LogP contribution in [0.5, 0.6) is 5.75 Å². The SMILES string of the molecule is C[C@@H]1Cc2cc(OCc3ccccc3)ccc2C(c2c(F)cc(N3CC4(CCCNCCC4)C3)cc2F)N1CC(F)(F)F. The van der Waals surface area contributed by atoms with Crippen LogP contribution in [0.15, 0.2) is 60.7 Å². The van der Waals surface area contributed by atoms with Crippen LogP contribution >= 0.6 is 0 Å². The van der Waals surface area contributed by atoms with Crippen molar-refractivity contribution in [1.29, 1.82) is 0 Å². The second-order valence-electron chi connectivity index (χ2n) is 12.5. The Balaban J connectivity index is 1.29. The molecule has 230 valence electrons. The van der Waals surface area contributed by atoms with Gasteiger partial charge in [-0.25, -0.2) is 8.78 Å². The maximum atomic E-state index is 16.0. The van der Waals surface area contributed by atoms with Crippen molar-refractivity contribution >= 4 is 5.69 Å². The predicted octanol–water partition coefficient (Wildman–Crippen LogP) is 7.41. The molecule has 0 saturated carbocycles. The zero-order chi connectivity index (χ0) is 30.2. The molecule has 2 fully saturated rings.